The molecule has 2 heterocycles. The van der Waals surface area contributed by atoms with Crippen LogP contribution >= 0.6 is 0 Å². The Bertz CT molecular complexity index is 577. The van der Waals surface area contributed by atoms with Crippen molar-refractivity contribution >= 4 is 5.97 Å². The van der Waals surface area contributed by atoms with Crippen molar-refractivity contribution in [3.8, 4) is 11.3 Å². The lowest BCUT2D eigenvalue weighted by atomic mass is 10.1. The molecule has 0 aliphatic heterocycles. The van der Waals surface area contributed by atoms with Crippen molar-refractivity contribution in [2.24, 2.45) is 0 Å². The van der Waals surface area contributed by atoms with Crippen LogP contribution in [0.4, 0.5) is 0 Å². The first kappa shape index (κ1) is 10.0. The highest BCUT2D eigenvalue weighted by molar-refractivity contribution is 5.92. The maximum absolute atomic E-state index is 11.0. The maximum atomic E-state index is 11.0. The van der Waals surface area contributed by atoms with E-state index in [1.165, 1.54) is 6.20 Å². The van der Waals surface area contributed by atoms with E-state index >= 15 is 0 Å². The maximum Gasteiger partial charge on any atom is 0.345 e. The Labute approximate surface area is 89.6 Å². The average molecular weight is 216 g/mol. The third-order valence-corrected chi connectivity index (χ3v) is 1.98. The number of aromatic nitrogens is 3. The molecule has 0 spiro atoms. The largest absolute Gasteiger partial charge is 0.545 e. The SMILES string of the molecule is O=C([O-])c1cnc(=O)[nH]c1-c1cccnc1. The molecular formula is C10H6N3O3-. The molecule has 0 aliphatic carbocycles. The van der Waals surface area contributed by atoms with Crippen LogP contribution in [-0.4, -0.2) is 20.9 Å². The second-order valence-corrected chi connectivity index (χ2v) is 3.01. The second-order valence-electron chi connectivity index (χ2n) is 3.01. The highest BCUT2D eigenvalue weighted by Crippen LogP contribution is 2.17. The van der Waals surface area contributed by atoms with Gasteiger partial charge in [-0.3, -0.25) is 4.98 Å². The number of nitrogens with zero attached hydrogens (tertiary/aromatic N) is 2. The van der Waals surface area contributed by atoms with Gasteiger partial charge in [0.25, 0.3) is 0 Å². The minimum absolute atomic E-state index is 0.146. The van der Waals surface area contributed by atoms with E-state index in [9.17, 15) is 14.7 Å². The Morgan fingerprint density at radius 2 is 2.19 bits per heavy atom. The summed E-state index contributed by atoms with van der Waals surface area (Å²) in [7, 11) is 0. The van der Waals surface area contributed by atoms with Crippen LogP contribution in [0.15, 0.2) is 35.5 Å². The van der Waals surface area contributed by atoms with Gasteiger partial charge in [0.2, 0.25) is 0 Å². The van der Waals surface area contributed by atoms with Crippen LogP contribution in [0.5, 0.6) is 0 Å². The molecule has 0 radical (unpaired) electrons. The second kappa shape index (κ2) is 3.93. The van der Waals surface area contributed by atoms with Gasteiger partial charge in [0.1, 0.15) is 0 Å². The van der Waals surface area contributed by atoms with E-state index in [4.69, 9.17) is 0 Å². The zero-order valence-corrected chi connectivity index (χ0v) is 8.01. The number of aromatic carboxylic acids is 1. The van der Waals surface area contributed by atoms with Crippen molar-refractivity contribution in [1.29, 1.82) is 0 Å². The smallest absolute Gasteiger partial charge is 0.345 e. The fourth-order valence-electron chi connectivity index (χ4n) is 1.29. The summed E-state index contributed by atoms with van der Waals surface area (Å²) in [5.74, 6) is -1.40. The Morgan fingerprint density at radius 1 is 1.38 bits per heavy atom. The quantitative estimate of drug-likeness (QED) is 0.708. The summed E-state index contributed by atoms with van der Waals surface area (Å²) in [6.45, 7) is 0. The third-order valence-electron chi connectivity index (χ3n) is 1.98. The van der Waals surface area contributed by atoms with Crippen molar-refractivity contribution in [2.75, 3.05) is 0 Å². The summed E-state index contributed by atoms with van der Waals surface area (Å²) in [4.78, 5) is 31.4. The number of hydrogen-bond donors (Lipinski definition) is 1. The molecule has 0 amide bonds. The first-order valence-electron chi connectivity index (χ1n) is 4.39. The van der Waals surface area contributed by atoms with Crippen molar-refractivity contribution in [3.05, 3.63) is 46.8 Å². The van der Waals surface area contributed by atoms with Gasteiger partial charge in [-0.05, 0) is 12.1 Å². The topological polar surface area (TPSA) is 98.8 Å². The number of carbonyl (C=O) groups is 1. The predicted octanol–water partition coefficient (Wildman–Crippen LogP) is -0.805. The molecule has 2 aromatic heterocycles. The summed E-state index contributed by atoms with van der Waals surface area (Å²) in [6.07, 6.45) is 3.95. The molecule has 2 rings (SSSR count). The zero-order valence-electron chi connectivity index (χ0n) is 8.01. The van der Waals surface area contributed by atoms with Gasteiger partial charge in [-0.1, -0.05) is 0 Å². The molecular weight excluding hydrogens is 210 g/mol. The highest BCUT2D eigenvalue weighted by Gasteiger charge is 2.07. The molecule has 0 aromatic carbocycles. The molecule has 0 saturated carbocycles. The molecule has 0 bridgehead atoms. The Hall–Kier alpha value is -2.50. The van der Waals surface area contributed by atoms with Gasteiger partial charge in [-0.2, -0.15) is 0 Å². The number of carboxylic acid groups (broad SMARTS) is 1. The standard InChI is InChI=1S/C10H7N3O3/c14-9(15)7-5-12-10(16)13-8(7)6-2-1-3-11-4-6/h1-5H,(H,14,15)(H,12,13,16)/p-1. The molecule has 16 heavy (non-hydrogen) atoms. The number of H-pyrrole nitrogens is 1. The summed E-state index contributed by atoms with van der Waals surface area (Å²) in [6, 6.07) is 3.26. The Balaban J connectivity index is 2.68. The lowest BCUT2D eigenvalue weighted by molar-refractivity contribution is -0.255. The van der Waals surface area contributed by atoms with Gasteiger partial charge in [0.15, 0.2) is 0 Å². The van der Waals surface area contributed by atoms with Crippen LogP contribution in [0, 0.1) is 0 Å². The van der Waals surface area contributed by atoms with Crippen LogP contribution in [0.25, 0.3) is 11.3 Å². The molecule has 6 nitrogen and oxygen atoms in total. The molecule has 0 saturated heterocycles. The summed E-state index contributed by atoms with van der Waals surface area (Å²) < 4.78 is 0. The molecule has 2 aromatic rings. The van der Waals surface area contributed by atoms with Gasteiger partial charge >= 0.3 is 5.69 Å². The molecule has 1 N–H and O–H groups in total. The van der Waals surface area contributed by atoms with Crippen molar-refractivity contribution in [1.82, 2.24) is 15.0 Å². The van der Waals surface area contributed by atoms with E-state index < -0.39 is 11.7 Å². The van der Waals surface area contributed by atoms with Gasteiger partial charge in [-0.25, -0.2) is 9.78 Å². The fraction of sp³-hybridized carbons (Fsp3) is 0. The molecule has 0 aliphatic rings. The Kier molecular flexibility index (Phi) is 2.47. The molecule has 80 valence electrons. The van der Waals surface area contributed by atoms with E-state index in [1.54, 1.807) is 18.3 Å². The van der Waals surface area contributed by atoms with Crippen LogP contribution in [0.3, 0.4) is 0 Å². The van der Waals surface area contributed by atoms with Gasteiger partial charge < -0.3 is 14.9 Å². The number of carbonyl (C=O) groups excluding carboxylic acids is 1. The number of pyridine rings is 1. The summed E-state index contributed by atoms with van der Waals surface area (Å²) >= 11 is 0. The van der Waals surface area contributed by atoms with Gasteiger partial charge in [-0.15, -0.1) is 0 Å². The molecule has 6 heteroatoms. The average Bonchev–Trinajstić information content (AvgIpc) is 2.29. The van der Waals surface area contributed by atoms with Crippen LogP contribution in [0.1, 0.15) is 10.4 Å². The van der Waals surface area contributed by atoms with Crippen molar-refractivity contribution in [3.63, 3.8) is 0 Å². The minimum Gasteiger partial charge on any atom is -0.545 e. The van der Waals surface area contributed by atoms with Crippen LogP contribution in [-0.2, 0) is 0 Å². The Morgan fingerprint density at radius 3 is 2.81 bits per heavy atom. The van der Waals surface area contributed by atoms with E-state index in [1.807, 2.05) is 0 Å². The van der Waals surface area contributed by atoms with Crippen molar-refractivity contribution < 1.29 is 9.90 Å². The lowest BCUT2D eigenvalue weighted by Crippen LogP contribution is -2.26. The fourth-order valence-corrected chi connectivity index (χ4v) is 1.29. The number of nitrogens with one attached hydrogen (secondary N) is 1. The number of rotatable bonds is 2. The third kappa shape index (κ3) is 1.81. The van der Waals surface area contributed by atoms with Gasteiger partial charge in [0.05, 0.1) is 11.7 Å². The van der Waals surface area contributed by atoms with E-state index in [0.717, 1.165) is 6.20 Å². The first-order chi connectivity index (χ1) is 7.68. The molecule has 0 unspecified atom stereocenters. The minimum atomic E-state index is -1.40. The number of aromatic amines is 1. The van der Waals surface area contributed by atoms with Crippen molar-refractivity contribution in [2.45, 2.75) is 0 Å². The monoisotopic (exact) mass is 216 g/mol. The molecule has 0 atom stereocenters. The van der Waals surface area contributed by atoms with Crippen LogP contribution in [0.2, 0.25) is 0 Å². The van der Waals surface area contributed by atoms with E-state index in [0.29, 0.717) is 5.56 Å². The number of hydrogen-bond acceptors (Lipinski definition) is 5. The van der Waals surface area contributed by atoms with Crippen LogP contribution < -0.4 is 10.8 Å². The van der Waals surface area contributed by atoms with E-state index in [2.05, 4.69) is 15.0 Å². The highest BCUT2D eigenvalue weighted by atomic mass is 16.4. The zero-order chi connectivity index (χ0) is 11.5. The first-order valence-corrected chi connectivity index (χ1v) is 4.39. The predicted molar refractivity (Wildman–Crippen MR) is 52.4 cm³/mol. The summed E-state index contributed by atoms with van der Waals surface area (Å²) in [5.41, 5.74) is -0.161. The normalized spacial score (nSPS) is 10.0. The lowest BCUT2D eigenvalue weighted by Gasteiger charge is -2.08. The van der Waals surface area contributed by atoms with E-state index in [-0.39, 0.29) is 11.3 Å². The summed E-state index contributed by atoms with van der Waals surface area (Å²) in [5, 5.41) is 10.8. The number of carboxylic acids is 1. The van der Waals surface area contributed by atoms with Gasteiger partial charge in [0, 0.05) is 29.7 Å². The molecule has 0 fully saturated rings.